The maximum atomic E-state index is 13.4. The minimum absolute atomic E-state index is 0.124. The van der Waals surface area contributed by atoms with E-state index in [1.54, 1.807) is 12.1 Å². The highest BCUT2D eigenvalue weighted by atomic mass is 19.1. The summed E-state index contributed by atoms with van der Waals surface area (Å²) in [5.41, 5.74) is 6.98. The van der Waals surface area contributed by atoms with E-state index in [0.717, 1.165) is 17.1 Å². The maximum Gasteiger partial charge on any atom is 0.123 e. The van der Waals surface area contributed by atoms with E-state index in [9.17, 15) is 4.39 Å². The molecule has 0 amide bonds. The number of anilines is 2. The first-order valence-electron chi connectivity index (χ1n) is 11.0. The van der Waals surface area contributed by atoms with Crippen LogP contribution in [-0.2, 0) is 5.41 Å². The third-order valence-electron chi connectivity index (χ3n) is 6.25. The molecule has 0 bridgehead atoms. The van der Waals surface area contributed by atoms with Gasteiger partial charge in [-0.25, -0.2) is 4.39 Å². The van der Waals surface area contributed by atoms with Gasteiger partial charge in [0.1, 0.15) is 5.82 Å². The minimum atomic E-state index is -0.224. The highest BCUT2D eigenvalue weighted by molar-refractivity contribution is 6.10. The summed E-state index contributed by atoms with van der Waals surface area (Å²) in [6.07, 6.45) is 0. The van der Waals surface area contributed by atoms with Gasteiger partial charge in [-0.3, -0.25) is 0 Å². The molecule has 0 N–H and O–H groups in total. The normalized spacial score (nSPS) is 11.9. The molecule has 0 radical (unpaired) electrons. The third kappa shape index (κ3) is 3.44. The number of hydrogen-bond acceptors (Lipinski definition) is 1. The Morgan fingerprint density at radius 2 is 1.31 bits per heavy atom. The van der Waals surface area contributed by atoms with Crippen molar-refractivity contribution in [3.63, 3.8) is 0 Å². The molecule has 3 heteroatoms. The molecule has 0 aliphatic rings. The van der Waals surface area contributed by atoms with Crippen LogP contribution in [0, 0.1) is 5.82 Å². The molecule has 0 saturated heterocycles. The second-order valence-corrected chi connectivity index (χ2v) is 9.39. The SMILES string of the molecule is CN(c1ccc(F)cc1)c1ccc2c(c1)c1ccccc1n2-c1ccc(C(C)(C)C)cc1. The lowest BCUT2D eigenvalue weighted by atomic mass is 9.87. The zero-order valence-electron chi connectivity index (χ0n) is 18.9. The first-order chi connectivity index (χ1) is 15.3. The van der Waals surface area contributed by atoms with Crippen molar-refractivity contribution in [3.8, 4) is 5.69 Å². The van der Waals surface area contributed by atoms with E-state index in [2.05, 4.69) is 97.0 Å². The fraction of sp³-hybridized carbons (Fsp3) is 0.172. The average molecular weight is 423 g/mol. The van der Waals surface area contributed by atoms with Crippen LogP contribution in [0.5, 0.6) is 0 Å². The van der Waals surface area contributed by atoms with Crippen LogP contribution < -0.4 is 4.90 Å². The lowest BCUT2D eigenvalue weighted by molar-refractivity contribution is 0.590. The van der Waals surface area contributed by atoms with Gasteiger partial charge in [0.25, 0.3) is 0 Å². The van der Waals surface area contributed by atoms with Gasteiger partial charge < -0.3 is 9.47 Å². The first kappa shape index (κ1) is 20.3. The lowest BCUT2D eigenvalue weighted by Gasteiger charge is -2.20. The average Bonchev–Trinajstić information content (AvgIpc) is 3.12. The molecule has 0 unspecified atom stereocenters. The van der Waals surface area contributed by atoms with Gasteiger partial charge in [0, 0.05) is 34.9 Å². The number of fused-ring (bicyclic) bond motifs is 3. The second-order valence-electron chi connectivity index (χ2n) is 9.39. The molecule has 0 fully saturated rings. The Balaban J connectivity index is 1.67. The van der Waals surface area contributed by atoms with Crippen molar-refractivity contribution in [2.45, 2.75) is 26.2 Å². The van der Waals surface area contributed by atoms with Crippen LogP contribution in [0.4, 0.5) is 15.8 Å². The molecular weight excluding hydrogens is 395 g/mol. The van der Waals surface area contributed by atoms with E-state index < -0.39 is 0 Å². The lowest BCUT2D eigenvalue weighted by Crippen LogP contribution is -2.10. The predicted octanol–water partition coefficient (Wildman–Crippen LogP) is 7.99. The Hall–Kier alpha value is -3.59. The fourth-order valence-corrected chi connectivity index (χ4v) is 4.37. The molecule has 0 aliphatic heterocycles. The number of rotatable bonds is 3. The molecule has 5 aromatic rings. The molecule has 32 heavy (non-hydrogen) atoms. The monoisotopic (exact) mass is 422 g/mol. The van der Waals surface area contributed by atoms with Crippen molar-refractivity contribution in [3.05, 3.63) is 102 Å². The molecule has 0 atom stereocenters. The molecule has 1 aromatic heterocycles. The predicted molar refractivity (Wildman–Crippen MR) is 134 cm³/mol. The Morgan fingerprint density at radius 3 is 2.00 bits per heavy atom. The molecule has 4 aromatic carbocycles. The number of para-hydroxylation sites is 1. The van der Waals surface area contributed by atoms with Crippen molar-refractivity contribution < 1.29 is 4.39 Å². The number of nitrogens with zero attached hydrogens (tertiary/aromatic N) is 2. The molecule has 5 rings (SSSR count). The Kier molecular flexibility index (Phi) is 4.78. The zero-order chi connectivity index (χ0) is 22.5. The van der Waals surface area contributed by atoms with E-state index in [1.165, 1.54) is 39.5 Å². The van der Waals surface area contributed by atoms with E-state index in [-0.39, 0.29) is 11.2 Å². The highest BCUT2D eigenvalue weighted by Gasteiger charge is 2.16. The summed E-state index contributed by atoms with van der Waals surface area (Å²) < 4.78 is 15.7. The Bertz CT molecular complexity index is 1400. The van der Waals surface area contributed by atoms with Gasteiger partial charge in [-0.15, -0.1) is 0 Å². The van der Waals surface area contributed by atoms with Crippen molar-refractivity contribution >= 4 is 33.2 Å². The van der Waals surface area contributed by atoms with Crippen LogP contribution in [-0.4, -0.2) is 11.6 Å². The summed E-state index contributed by atoms with van der Waals surface area (Å²) in [7, 11) is 2.01. The van der Waals surface area contributed by atoms with Gasteiger partial charge >= 0.3 is 0 Å². The van der Waals surface area contributed by atoms with Crippen LogP contribution in [0.2, 0.25) is 0 Å². The number of aromatic nitrogens is 1. The summed E-state index contributed by atoms with van der Waals surface area (Å²) in [6, 6.07) is 30.6. The summed E-state index contributed by atoms with van der Waals surface area (Å²) >= 11 is 0. The molecule has 2 nitrogen and oxygen atoms in total. The van der Waals surface area contributed by atoms with Crippen molar-refractivity contribution in [1.82, 2.24) is 4.57 Å². The van der Waals surface area contributed by atoms with Crippen LogP contribution in [0.25, 0.3) is 27.5 Å². The van der Waals surface area contributed by atoms with Crippen LogP contribution in [0.3, 0.4) is 0 Å². The van der Waals surface area contributed by atoms with Gasteiger partial charge in [0.2, 0.25) is 0 Å². The van der Waals surface area contributed by atoms with Crippen molar-refractivity contribution in [2.75, 3.05) is 11.9 Å². The van der Waals surface area contributed by atoms with Crippen molar-refractivity contribution in [1.29, 1.82) is 0 Å². The standard InChI is InChI=1S/C29H27FN2/c1-29(2,3)20-9-13-23(14-10-20)32-27-8-6-5-7-25(27)26-19-24(17-18-28(26)32)31(4)22-15-11-21(30)12-16-22/h5-19H,1-4H3. The molecule has 0 aliphatic carbocycles. The van der Waals surface area contributed by atoms with Crippen LogP contribution in [0.1, 0.15) is 26.3 Å². The largest absolute Gasteiger partial charge is 0.345 e. The van der Waals surface area contributed by atoms with E-state index in [4.69, 9.17) is 0 Å². The maximum absolute atomic E-state index is 13.4. The summed E-state index contributed by atoms with van der Waals surface area (Å²) in [5.74, 6) is -0.224. The molecule has 160 valence electrons. The van der Waals surface area contributed by atoms with Crippen LogP contribution >= 0.6 is 0 Å². The summed E-state index contributed by atoms with van der Waals surface area (Å²) in [4.78, 5) is 2.09. The number of halogens is 1. The summed E-state index contributed by atoms with van der Waals surface area (Å²) in [6.45, 7) is 6.71. The van der Waals surface area contributed by atoms with Gasteiger partial charge in [0.05, 0.1) is 11.0 Å². The second kappa shape index (κ2) is 7.52. The van der Waals surface area contributed by atoms with Gasteiger partial charge in [-0.05, 0) is 71.6 Å². The molecular formula is C29H27FN2. The van der Waals surface area contributed by atoms with E-state index in [0.29, 0.717) is 0 Å². The smallest absolute Gasteiger partial charge is 0.123 e. The minimum Gasteiger partial charge on any atom is -0.345 e. The molecule has 0 saturated carbocycles. The summed E-state index contributed by atoms with van der Waals surface area (Å²) in [5, 5.41) is 2.42. The van der Waals surface area contributed by atoms with Gasteiger partial charge in [0.15, 0.2) is 0 Å². The Morgan fingerprint density at radius 1 is 0.688 bits per heavy atom. The van der Waals surface area contributed by atoms with E-state index in [1.807, 2.05) is 7.05 Å². The van der Waals surface area contributed by atoms with Gasteiger partial charge in [-0.2, -0.15) is 0 Å². The van der Waals surface area contributed by atoms with E-state index >= 15 is 0 Å². The first-order valence-corrected chi connectivity index (χ1v) is 11.0. The number of benzene rings is 4. The zero-order valence-corrected chi connectivity index (χ0v) is 18.9. The quantitative estimate of drug-likeness (QED) is 0.286. The third-order valence-corrected chi connectivity index (χ3v) is 6.25. The number of hydrogen-bond donors (Lipinski definition) is 0. The fourth-order valence-electron chi connectivity index (χ4n) is 4.37. The molecule has 0 spiro atoms. The van der Waals surface area contributed by atoms with Crippen LogP contribution in [0.15, 0.2) is 91.0 Å². The Labute approximate surface area is 188 Å². The highest BCUT2D eigenvalue weighted by Crippen LogP contribution is 2.36. The topological polar surface area (TPSA) is 8.17 Å². The van der Waals surface area contributed by atoms with Crippen molar-refractivity contribution in [2.24, 2.45) is 0 Å². The molecule has 1 heterocycles. The van der Waals surface area contributed by atoms with Gasteiger partial charge in [-0.1, -0.05) is 51.1 Å².